The van der Waals surface area contributed by atoms with E-state index >= 15 is 0 Å². The smallest absolute Gasteiger partial charge is 0.310 e. The molecule has 1 unspecified atom stereocenters. The Morgan fingerprint density at radius 3 is 2.38 bits per heavy atom. The second-order valence-corrected chi connectivity index (χ2v) is 5.15. The molecule has 0 saturated heterocycles. The molecule has 0 aliphatic carbocycles. The Morgan fingerprint density at radius 1 is 1.14 bits per heavy atom. The van der Waals surface area contributed by atoms with Crippen molar-refractivity contribution in [1.29, 1.82) is 0 Å². The molecule has 0 spiro atoms. The molecule has 1 N–H and O–H groups in total. The molecule has 0 heterocycles. The van der Waals surface area contributed by atoms with Crippen LogP contribution >= 0.6 is 0 Å². The lowest BCUT2D eigenvalue weighted by Crippen LogP contribution is -2.06. The van der Waals surface area contributed by atoms with Crippen LogP contribution in [0.4, 0.5) is 0 Å². The highest BCUT2D eigenvalue weighted by Crippen LogP contribution is 2.27. The van der Waals surface area contributed by atoms with Crippen LogP contribution in [0.5, 0.6) is 5.75 Å². The van der Waals surface area contributed by atoms with Gasteiger partial charge in [0.15, 0.2) is 0 Å². The van der Waals surface area contributed by atoms with Crippen LogP contribution in [0.1, 0.15) is 30.9 Å². The van der Waals surface area contributed by atoms with Crippen molar-refractivity contribution in [2.45, 2.75) is 26.7 Å². The van der Waals surface area contributed by atoms with E-state index in [1.807, 2.05) is 50.2 Å². The third kappa shape index (κ3) is 3.63. The largest absolute Gasteiger partial charge is 0.494 e. The fraction of sp³-hybridized carbons (Fsp3) is 0.278. The van der Waals surface area contributed by atoms with Crippen molar-refractivity contribution in [3.05, 3.63) is 53.6 Å². The summed E-state index contributed by atoms with van der Waals surface area (Å²) in [5, 5.41) is 9.04. The van der Waals surface area contributed by atoms with Gasteiger partial charge in [-0.25, -0.2) is 0 Å². The maximum Gasteiger partial charge on any atom is 0.310 e. The zero-order valence-electron chi connectivity index (χ0n) is 12.6. The van der Waals surface area contributed by atoms with E-state index in [0.717, 1.165) is 28.0 Å². The van der Waals surface area contributed by atoms with Crippen LogP contribution in [0.25, 0.3) is 11.1 Å². The van der Waals surface area contributed by atoms with Gasteiger partial charge in [0.1, 0.15) is 5.75 Å². The Bertz CT molecular complexity index is 629. The molecule has 0 aromatic heterocycles. The predicted molar refractivity (Wildman–Crippen MR) is 83.8 cm³/mol. The monoisotopic (exact) mass is 284 g/mol. The molecule has 0 aliphatic rings. The molecule has 0 amide bonds. The van der Waals surface area contributed by atoms with E-state index < -0.39 is 11.9 Å². The number of hydrogen-bond donors (Lipinski definition) is 1. The number of rotatable bonds is 5. The van der Waals surface area contributed by atoms with Gasteiger partial charge in [0.2, 0.25) is 0 Å². The van der Waals surface area contributed by atoms with Crippen LogP contribution in [0.15, 0.2) is 42.5 Å². The molecule has 2 aromatic carbocycles. The third-order valence-electron chi connectivity index (χ3n) is 3.48. The van der Waals surface area contributed by atoms with Crippen molar-refractivity contribution in [1.82, 2.24) is 0 Å². The van der Waals surface area contributed by atoms with Crippen molar-refractivity contribution < 1.29 is 14.6 Å². The Labute approximate surface area is 125 Å². The third-order valence-corrected chi connectivity index (χ3v) is 3.48. The molecule has 0 aliphatic heterocycles. The zero-order valence-corrected chi connectivity index (χ0v) is 12.6. The van der Waals surface area contributed by atoms with Crippen LogP contribution in [0.3, 0.4) is 0 Å². The molecule has 0 bridgehead atoms. The number of carbonyl (C=O) groups is 1. The molecule has 1 atom stereocenters. The average Bonchev–Trinajstić information content (AvgIpc) is 2.46. The average molecular weight is 284 g/mol. The van der Waals surface area contributed by atoms with Crippen LogP contribution in [0.2, 0.25) is 0 Å². The van der Waals surface area contributed by atoms with Gasteiger partial charge in [-0.15, -0.1) is 0 Å². The summed E-state index contributed by atoms with van der Waals surface area (Å²) in [6.45, 7) is 6.33. The van der Waals surface area contributed by atoms with Gasteiger partial charge in [0.05, 0.1) is 12.5 Å². The Kier molecular flexibility index (Phi) is 4.63. The number of carboxylic acids is 1. The number of aryl methyl sites for hydroxylation is 1. The normalized spacial score (nSPS) is 12.0. The van der Waals surface area contributed by atoms with Crippen LogP contribution in [-0.2, 0) is 4.79 Å². The van der Waals surface area contributed by atoms with E-state index in [0.29, 0.717) is 6.61 Å². The molecule has 21 heavy (non-hydrogen) atoms. The van der Waals surface area contributed by atoms with Crippen LogP contribution in [0, 0.1) is 6.92 Å². The van der Waals surface area contributed by atoms with Crippen molar-refractivity contribution in [3.8, 4) is 16.9 Å². The first-order valence-electron chi connectivity index (χ1n) is 7.09. The second kappa shape index (κ2) is 6.44. The summed E-state index contributed by atoms with van der Waals surface area (Å²) in [5.41, 5.74) is 4.08. The highest BCUT2D eigenvalue weighted by Gasteiger charge is 2.13. The Balaban J connectivity index is 2.32. The van der Waals surface area contributed by atoms with Crippen molar-refractivity contribution in [2.75, 3.05) is 6.61 Å². The van der Waals surface area contributed by atoms with E-state index in [2.05, 4.69) is 6.07 Å². The van der Waals surface area contributed by atoms with Gasteiger partial charge in [-0.2, -0.15) is 0 Å². The van der Waals surface area contributed by atoms with Crippen molar-refractivity contribution in [2.24, 2.45) is 0 Å². The fourth-order valence-corrected chi connectivity index (χ4v) is 2.27. The molecule has 3 nitrogen and oxygen atoms in total. The second-order valence-electron chi connectivity index (χ2n) is 5.15. The molecule has 2 rings (SSSR count). The molecule has 110 valence electrons. The van der Waals surface area contributed by atoms with E-state index in [9.17, 15) is 4.79 Å². The van der Waals surface area contributed by atoms with E-state index in [1.165, 1.54) is 0 Å². The predicted octanol–water partition coefficient (Wildman–Crippen LogP) is 4.25. The number of ether oxygens (including phenoxy) is 1. The maximum atomic E-state index is 11.0. The first kappa shape index (κ1) is 15.1. The molecule has 3 heteroatoms. The number of benzene rings is 2. The summed E-state index contributed by atoms with van der Waals surface area (Å²) in [6, 6.07) is 13.8. The van der Waals surface area contributed by atoms with Crippen molar-refractivity contribution >= 4 is 5.97 Å². The molecular formula is C18H20O3. The topological polar surface area (TPSA) is 46.5 Å². The summed E-state index contributed by atoms with van der Waals surface area (Å²) in [4.78, 5) is 11.0. The van der Waals surface area contributed by atoms with Gasteiger partial charge in [0, 0.05) is 0 Å². The Morgan fingerprint density at radius 2 is 1.81 bits per heavy atom. The molecule has 0 radical (unpaired) electrons. The summed E-state index contributed by atoms with van der Waals surface area (Å²) < 4.78 is 5.56. The fourth-order valence-electron chi connectivity index (χ4n) is 2.27. The lowest BCUT2D eigenvalue weighted by atomic mass is 9.97. The van der Waals surface area contributed by atoms with E-state index in [1.54, 1.807) is 6.92 Å². The van der Waals surface area contributed by atoms with Gasteiger partial charge in [-0.1, -0.05) is 30.3 Å². The van der Waals surface area contributed by atoms with Gasteiger partial charge in [-0.05, 0) is 55.2 Å². The molecule has 2 aromatic rings. The first-order chi connectivity index (χ1) is 10.0. The van der Waals surface area contributed by atoms with Crippen LogP contribution < -0.4 is 4.74 Å². The Hall–Kier alpha value is -2.29. The van der Waals surface area contributed by atoms with Crippen molar-refractivity contribution in [3.63, 3.8) is 0 Å². The number of aliphatic carboxylic acids is 1. The summed E-state index contributed by atoms with van der Waals surface area (Å²) >= 11 is 0. The van der Waals surface area contributed by atoms with E-state index in [4.69, 9.17) is 9.84 Å². The standard InChI is InChI=1S/C18H20O3/c1-4-21-17-10-12(2)9-16(11-17)15-7-5-14(6-8-15)13(3)18(19)20/h5-11,13H,4H2,1-3H3,(H,19,20). The first-order valence-corrected chi connectivity index (χ1v) is 7.09. The van der Waals surface area contributed by atoms with Gasteiger partial charge >= 0.3 is 5.97 Å². The summed E-state index contributed by atoms with van der Waals surface area (Å²) in [7, 11) is 0. The lowest BCUT2D eigenvalue weighted by Gasteiger charge is -2.10. The zero-order chi connectivity index (χ0) is 15.4. The molecule has 0 saturated carbocycles. The number of hydrogen-bond acceptors (Lipinski definition) is 2. The minimum atomic E-state index is -0.808. The van der Waals surface area contributed by atoms with Gasteiger partial charge in [-0.3, -0.25) is 4.79 Å². The SMILES string of the molecule is CCOc1cc(C)cc(-c2ccc(C(C)C(=O)O)cc2)c1. The summed E-state index contributed by atoms with van der Waals surface area (Å²) in [6.07, 6.45) is 0. The highest BCUT2D eigenvalue weighted by atomic mass is 16.5. The summed E-state index contributed by atoms with van der Waals surface area (Å²) in [5.74, 6) is -0.442. The minimum Gasteiger partial charge on any atom is -0.494 e. The quantitative estimate of drug-likeness (QED) is 0.892. The van der Waals surface area contributed by atoms with Gasteiger partial charge < -0.3 is 9.84 Å². The maximum absolute atomic E-state index is 11.0. The molecular weight excluding hydrogens is 264 g/mol. The van der Waals surface area contributed by atoms with Crippen LogP contribution in [-0.4, -0.2) is 17.7 Å². The number of carboxylic acid groups (broad SMARTS) is 1. The molecule has 0 fully saturated rings. The van der Waals surface area contributed by atoms with Gasteiger partial charge in [0.25, 0.3) is 0 Å². The minimum absolute atomic E-state index is 0.490. The highest BCUT2D eigenvalue weighted by molar-refractivity contribution is 5.76. The van der Waals surface area contributed by atoms with E-state index in [-0.39, 0.29) is 0 Å². The lowest BCUT2D eigenvalue weighted by molar-refractivity contribution is -0.138.